The lowest BCUT2D eigenvalue weighted by Gasteiger charge is -2.21. The van der Waals surface area contributed by atoms with Crippen molar-refractivity contribution in [3.05, 3.63) is 89.3 Å². The van der Waals surface area contributed by atoms with Gasteiger partial charge in [0.2, 0.25) is 5.91 Å². The summed E-state index contributed by atoms with van der Waals surface area (Å²) in [5, 5.41) is 20.7. The SMILES string of the molecule is COc1cc(C(CC2=CC=CNC(CC(=O)O)=C2)NC(C)=O)ccc1NC(=O)Nc1ccccc1C. The van der Waals surface area contributed by atoms with Crippen molar-refractivity contribution in [2.45, 2.75) is 32.7 Å². The molecule has 0 radical (unpaired) electrons. The maximum atomic E-state index is 12.6. The number of carbonyl (C=O) groups excluding carboxylic acids is 2. The molecule has 0 saturated heterocycles. The Hall–Kier alpha value is -4.53. The molecule has 3 rings (SSSR count). The number of nitrogens with one attached hydrogen (secondary N) is 4. The normalized spacial score (nSPS) is 13.3. The topological polar surface area (TPSA) is 129 Å². The van der Waals surface area contributed by atoms with Crippen molar-refractivity contribution in [2.75, 3.05) is 17.7 Å². The Morgan fingerprint density at radius 1 is 1.08 bits per heavy atom. The van der Waals surface area contributed by atoms with Crippen LogP contribution in [0, 0.1) is 6.92 Å². The maximum Gasteiger partial charge on any atom is 0.323 e. The molecule has 1 atom stereocenters. The predicted molar refractivity (Wildman–Crippen MR) is 139 cm³/mol. The van der Waals surface area contributed by atoms with E-state index in [0.29, 0.717) is 29.2 Å². The molecule has 5 N–H and O–H groups in total. The van der Waals surface area contributed by atoms with Crippen LogP contribution in [0.2, 0.25) is 0 Å². The number of allylic oxidation sites excluding steroid dienone is 3. The number of hydrogen-bond donors (Lipinski definition) is 5. The lowest BCUT2D eigenvalue weighted by atomic mass is 9.97. The predicted octanol–water partition coefficient (Wildman–Crippen LogP) is 4.62. The molecule has 9 heteroatoms. The van der Waals surface area contributed by atoms with Crippen molar-refractivity contribution in [1.82, 2.24) is 10.6 Å². The standard InChI is InChI=1S/C27H30N4O5/c1-17-7-4-5-9-22(17)30-27(35)31-23-11-10-20(15-25(23)36-3)24(29-18(2)32)14-19-8-6-12-28-21(13-19)16-26(33)34/h4-13,15,24,28H,14,16H2,1-3H3,(H,29,32)(H,33,34)(H2,30,31,35). The third-order valence-electron chi connectivity index (χ3n) is 5.46. The average molecular weight is 491 g/mol. The lowest BCUT2D eigenvalue weighted by Crippen LogP contribution is -2.26. The van der Waals surface area contributed by atoms with E-state index in [1.54, 1.807) is 36.6 Å². The number of aryl methyl sites for hydroxylation is 1. The first-order valence-corrected chi connectivity index (χ1v) is 11.4. The highest BCUT2D eigenvalue weighted by Gasteiger charge is 2.18. The van der Waals surface area contributed by atoms with E-state index in [0.717, 1.165) is 16.7 Å². The van der Waals surface area contributed by atoms with Crippen LogP contribution in [0.15, 0.2) is 78.2 Å². The summed E-state index contributed by atoms with van der Waals surface area (Å²) in [7, 11) is 1.50. The zero-order chi connectivity index (χ0) is 26.1. The fourth-order valence-corrected chi connectivity index (χ4v) is 3.78. The Balaban J connectivity index is 1.81. The summed E-state index contributed by atoms with van der Waals surface area (Å²) < 4.78 is 5.52. The molecule has 0 fully saturated rings. The third-order valence-corrected chi connectivity index (χ3v) is 5.46. The summed E-state index contributed by atoms with van der Waals surface area (Å²) in [6, 6.07) is 11.9. The van der Waals surface area contributed by atoms with Crippen molar-refractivity contribution in [1.29, 1.82) is 0 Å². The molecule has 9 nitrogen and oxygen atoms in total. The highest BCUT2D eigenvalue weighted by atomic mass is 16.5. The lowest BCUT2D eigenvalue weighted by molar-refractivity contribution is -0.136. The minimum Gasteiger partial charge on any atom is -0.495 e. The zero-order valence-corrected chi connectivity index (χ0v) is 20.4. The minimum atomic E-state index is -0.943. The molecule has 1 aliphatic rings. The van der Waals surface area contributed by atoms with E-state index in [1.165, 1.54) is 14.0 Å². The highest BCUT2D eigenvalue weighted by molar-refractivity contribution is 6.01. The van der Waals surface area contributed by atoms with Gasteiger partial charge in [-0.15, -0.1) is 0 Å². The summed E-state index contributed by atoms with van der Waals surface area (Å²) >= 11 is 0. The summed E-state index contributed by atoms with van der Waals surface area (Å²) in [5.74, 6) is -0.723. The van der Waals surface area contributed by atoms with Crippen LogP contribution >= 0.6 is 0 Å². The van der Waals surface area contributed by atoms with Gasteiger partial charge in [-0.2, -0.15) is 0 Å². The molecule has 0 bridgehead atoms. The van der Waals surface area contributed by atoms with Crippen LogP contribution < -0.4 is 26.0 Å². The molecule has 1 unspecified atom stereocenters. The van der Waals surface area contributed by atoms with E-state index in [1.807, 2.05) is 37.3 Å². The van der Waals surface area contributed by atoms with Gasteiger partial charge in [-0.3, -0.25) is 9.59 Å². The molecule has 3 amide bonds. The van der Waals surface area contributed by atoms with E-state index in [-0.39, 0.29) is 12.3 Å². The molecule has 0 saturated carbocycles. The average Bonchev–Trinajstić information content (AvgIpc) is 3.04. The third kappa shape index (κ3) is 7.49. The molecule has 0 aromatic heterocycles. The molecule has 188 valence electrons. The van der Waals surface area contributed by atoms with Gasteiger partial charge in [0.25, 0.3) is 0 Å². The number of carbonyl (C=O) groups is 3. The molecule has 1 heterocycles. The molecular weight excluding hydrogens is 460 g/mol. The van der Waals surface area contributed by atoms with Crippen molar-refractivity contribution >= 4 is 29.3 Å². The number of rotatable bonds is 9. The molecular formula is C27H30N4O5. The van der Waals surface area contributed by atoms with Crippen LogP contribution in [0.5, 0.6) is 5.75 Å². The van der Waals surface area contributed by atoms with Crippen LogP contribution in [-0.4, -0.2) is 30.1 Å². The maximum absolute atomic E-state index is 12.6. The number of anilines is 2. The van der Waals surface area contributed by atoms with Crippen LogP contribution in [0.3, 0.4) is 0 Å². The Morgan fingerprint density at radius 2 is 1.83 bits per heavy atom. The number of urea groups is 1. The van der Waals surface area contributed by atoms with Crippen molar-refractivity contribution in [3.8, 4) is 5.75 Å². The van der Waals surface area contributed by atoms with E-state index < -0.39 is 18.0 Å². The minimum absolute atomic E-state index is 0.148. The second kappa shape index (κ2) is 12.3. The monoisotopic (exact) mass is 490 g/mol. The highest BCUT2D eigenvalue weighted by Crippen LogP contribution is 2.31. The summed E-state index contributed by atoms with van der Waals surface area (Å²) in [6.45, 7) is 3.34. The quantitative estimate of drug-likeness (QED) is 0.349. The van der Waals surface area contributed by atoms with Gasteiger partial charge in [0.1, 0.15) is 5.75 Å². The van der Waals surface area contributed by atoms with E-state index in [2.05, 4.69) is 21.3 Å². The molecule has 1 aliphatic heterocycles. The van der Waals surface area contributed by atoms with Gasteiger partial charge in [-0.25, -0.2) is 4.79 Å². The summed E-state index contributed by atoms with van der Waals surface area (Å²) in [5.41, 5.74) is 4.25. The second-order valence-electron chi connectivity index (χ2n) is 8.30. The molecule has 2 aromatic rings. The number of ether oxygens (including phenoxy) is 1. The summed E-state index contributed by atoms with van der Waals surface area (Å²) in [6.07, 6.45) is 7.35. The van der Waals surface area contributed by atoms with Crippen LogP contribution in [-0.2, 0) is 9.59 Å². The number of methoxy groups -OCH3 is 1. The number of hydrogen-bond acceptors (Lipinski definition) is 5. The number of carboxylic acid groups (broad SMARTS) is 1. The smallest absolute Gasteiger partial charge is 0.323 e. The van der Waals surface area contributed by atoms with Crippen LogP contribution in [0.4, 0.5) is 16.2 Å². The summed E-state index contributed by atoms with van der Waals surface area (Å²) in [4.78, 5) is 35.7. The Kier molecular flexibility index (Phi) is 8.88. The number of amides is 3. The van der Waals surface area contributed by atoms with Crippen molar-refractivity contribution < 1.29 is 24.2 Å². The van der Waals surface area contributed by atoms with Gasteiger partial charge in [0.05, 0.1) is 25.3 Å². The van der Waals surface area contributed by atoms with E-state index in [9.17, 15) is 14.4 Å². The first-order chi connectivity index (χ1) is 17.2. The number of para-hydroxylation sites is 1. The van der Waals surface area contributed by atoms with Crippen molar-refractivity contribution in [3.63, 3.8) is 0 Å². The number of benzene rings is 2. The Morgan fingerprint density at radius 3 is 2.53 bits per heavy atom. The molecule has 36 heavy (non-hydrogen) atoms. The molecule has 0 spiro atoms. The van der Waals surface area contributed by atoms with Gasteiger partial charge in [0, 0.05) is 24.5 Å². The molecule has 2 aromatic carbocycles. The van der Waals surface area contributed by atoms with E-state index >= 15 is 0 Å². The fourth-order valence-electron chi connectivity index (χ4n) is 3.78. The number of carboxylic acids is 1. The molecule has 0 aliphatic carbocycles. The largest absolute Gasteiger partial charge is 0.495 e. The van der Waals surface area contributed by atoms with E-state index in [4.69, 9.17) is 9.84 Å². The van der Waals surface area contributed by atoms with Gasteiger partial charge in [-0.05, 0) is 60.4 Å². The van der Waals surface area contributed by atoms with Gasteiger partial charge < -0.3 is 31.1 Å². The van der Waals surface area contributed by atoms with Crippen LogP contribution in [0.1, 0.15) is 36.9 Å². The van der Waals surface area contributed by atoms with Gasteiger partial charge in [-0.1, -0.05) is 30.3 Å². The van der Waals surface area contributed by atoms with Crippen LogP contribution in [0.25, 0.3) is 0 Å². The Bertz CT molecular complexity index is 1230. The Labute approximate surface area is 209 Å². The first kappa shape index (κ1) is 26.1. The van der Waals surface area contributed by atoms with Gasteiger partial charge in [0.15, 0.2) is 0 Å². The number of aliphatic carboxylic acids is 1. The fraction of sp³-hybridized carbons (Fsp3) is 0.222. The zero-order valence-electron chi connectivity index (χ0n) is 20.4. The van der Waals surface area contributed by atoms with Crippen molar-refractivity contribution in [2.24, 2.45) is 0 Å². The first-order valence-electron chi connectivity index (χ1n) is 11.4. The van der Waals surface area contributed by atoms with Gasteiger partial charge >= 0.3 is 12.0 Å². The second-order valence-corrected chi connectivity index (χ2v) is 8.30.